The van der Waals surface area contributed by atoms with Gasteiger partial charge in [0, 0.05) is 25.7 Å². The average Bonchev–Trinajstić information content (AvgIpc) is 2.61. The molecule has 0 aliphatic rings. The molecule has 0 amide bonds. The van der Waals surface area contributed by atoms with E-state index in [4.69, 9.17) is 0 Å². The first-order chi connectivity index (χ1) is 13.1. The standard InChI is InChI=1S/C21H30N4O2S.HI/c1-16-10-6-7-11-17(16)14-23-20(22-5)24-15-18-12-8-9-13-19(18)28(26,27)25-21(2,3)4;/h6-13,25H,14-15H2,1-5H3,(H2,22,23,24);1H. The second kappa shape index (κ2) is 10.9. The lowest BCUT2D eigenvalue weighted by atomic mass is 10.1. The van der Waals surface area contributed by atoms with Crippen molar-refractivity contribution in [2.45, 2.75) is 51.2 Å². The lowest BCUT2D eigenvalue weighted by Gasteiger charge is -2.22. The Morgan fingerprint density at radius 2 is 1.45 bits per heavy atom. The number of aryl methyl sites for hydroxylation is 1. The van der Waals surface area contributed by atoms with Crippen LogP contribution in [0.3, 0.4) is 0 Å². The number of sulfonamides is 1. The van der Waals surface area contributed by atoms with Gasteiger partial charge < -0.3 is 10.6 Å². The summed E-state index contributed by atoms with van der Waals surface area (Å²) in [6, 6.07) is 15.1. The predicted octanol–water partition coefficient (Wildman–Crippen LogP) is 3.56. The van der Waals surface area contributed by atoms with Crippen molar-refractivity contribution < 1.29 is 8.42 Å². The van der Waals surface area contributed by atoms with Crippen LogP contribution < -0.4 is 15.4 Å². The summed E-state index contributed by atoms with van der Waals surface area (Å²) in [5, 5.41) is 6.46. The number of hydrogen-bond donors (Lipinski definition) is 3. The van der Waals surface area contributed by atoms with E-state index in [0.717, 1.165) is 0 Å². The highest BCUT2D eigenvalue weighted by atomic mass is 127. The number of guanidine groups is 1. The van der Waals surface area contributed by atoms with Crippen LogP contribution in [0.15, 0.2) is 58.4 Å². The third-order valence-electron chi connectivity index (χ3n) is 4.08. The highest BCUT2D eigenvalue weighted by Gasteiger charge is 2.24. The van der Waals surface area contributed by atoms with Crippen molar-refractivity contribution in [2.24, 2.45) is 4.99 Å². The Hall–Kier alpha value is -1.65. The molecule has 0 heterocycles. The van der Waals surface area contributed by atoms with Crippen LogP contribution in [-0.4, -0.2) is 27.0 Å². The van der Waals surface area contributed by atoms with Crippen molar-refractivity contribution >= 4 is 40.0 Å². The Morgan fingerprint density at radius 3 is 2.00 bits per heavy atom. The van der Waals surface area contributed by atoms with Crippen LogP contribution in [0.1, 0.15) is 37.5 Å². The summed E-state index contributed by atoms with van der Waals surface area (Å²) in [6.45, 7) is 8.51. The first-order valence-corrected chi connectivity index (χ1v) is 10.7. The van der Waals surface area contributed by atoms with Gasteiger partial charge in [0.05, 0.1) is 4.90 Å². The molecule has 0 saturated heterocycles. The Balaban J connectivity index is 0.00000420. The molecule has 6 nitrogen and oxygen atoms in total. The summed E-state index contributed by atoms with van der Waals surface area (Å²) in [7, 11) is -1.92. The van der Waals surface area contributed by atoms with Gasteiger partial charge in [0.25, 0.3) is 0 Å². The molecule has 160 valence electrons. The number of rotatable bonds is 6. The van der Waals surface area contributed by atoms with Gasteiger partial charge in [0.15, 0.2) is 5.96 Å². The number of aliphatic imine (C=N–C) groups is 1. The van der Waals surface area contributed by atoms with Crippen molar-refractivity contribution in [2.75, 3.05) is 7.05 Å². The monoisotopic (exact) mass is 530 g/mol. The van der Waals surface area contributed by atoms with Crippen LogP contribution in [-0.2, 0) is 23.1 Å². The van der Waals surface area contributed by atoms with Crippen molar-refractivity contribution in [3.05, 3.63) is 65.2 Å². The number of nitrogens with one attached hydrogen (secondary N) is 3. The summed E-state index contributed by atoms with van der Waals surface area (Å²) in [5.41, 5.74) is 2.51. The number of nitrogens with zero attached hydrogens (tertiary/aromatic N) is 1. The molecule has 2 aromatic rings. The quantitative estimate of drug-likeness (QED) is 0.303. The van der Waals surface area contributed by atoms with E-state index in [1.807, 2.05) is 39.0 Å². The zero-order valence-corrected chi connectivity index (χ0v) is 20.8. The lowest BCUT2D eigenvalue weighted by Crippen LogP contribution is -2.41. The Bertz CT molecular complexity index is 938. The van der Waals surface area contributed by atoms with Crippen LogP contribution >= 0.6 is 24.0 Å². The second-order valence-corrected chi connectivity index (χ2v) is 9.32. The fraction of sp³-hybridized carbons (Fsp3) is 0.381. The molecule has 29 heavy (non-hydrogen) atoms. The normalized spacial score (nSPS) is 12.2. The van der Waals surface area contributed by atoms with Gasteiger partial charge in [-0.2, -0.15) is 0 Å². The fourth-order valence-electron chi connectivity index (χ4n) is 2.76. The van der Waals surface area contributed by atoms with Gasteiger partial charge in [-0.05, 0) is 50.5 Å². The number of hydrogen-bond acceptors (Lipinski definition) is 3. The van der Waals surface area contributed by atoms with Gasteiger partial charge in [0.1, 0.15) is 0 Å². The van der Waals surface area contributed by atoms with E-state index < -0.39 is 15.6 Å². The van der Waals surface area contributed by atoms with Gasteiger partial charge in [-0.25, -0.2) is 13.1 Å². The van der Waals surface area contributed by atoms with E-state index in [2.05, 4.69) is 39.4 Å². The maximum Gasteiger partial charge on any atom is 0.241 e. The SMILES string of the molecule is CN=C(NCc1ccccc1C)NCc1ccccc1S(=O)(=O)NC(C)(C)C.I. The highest BCUT2D eigenvalue weighted by Crippen LogP contribution is 2.17. The van der Waals surface area contributed by atoms with E-state index in [9.17, 15) is 8.42 Å². The van der Waals surface area contributed by atoms with Gasteiger partial charge in [-0.15, -0.1) is 24.0 Å². The Labute approximate surface area is 191 Å². The number of benzene rings is 2. The van der Waals surface area contributed by atoms with E-state index in [1.165, 1.54) is 11.1 Å². The van der Waals surface area contributed by atoms with Gasteiger partial charge in [0.2, 0.25) is 10.0 Å². The molecule has 0 spiro atoms. The van der Waals surface area contributed by atoms with E-state index >= 15 is 0 Å². The molecular weight excluding hydrogens is 499 g/mol. The molecule has 0 bridgehead atoms. The molecule has 8 heteroatoms. The zero-order chi connectivity index (χ0) is 20.8. The first-order valence-electron chi connectivity index (χ1n) is 9.23. The summed E-state index contributed by atoms with van der Waals surface area (Å²) in [4.78, 5) is 4.50. The second-order valence-electron chi connectivity index (χ2n) is 7.67. The summed E-state index contributed by atoms with van der Waals surface area (Å²) < 4.78 is 28.2. The van der Waals surface area contributed by atoms with E-state index in [0.29, 0.717) is 24.6 Å². The van der Waals surface area contributed by atoms with Gasteiger partial charge in [-0.3, -0.25) is 4.99 Å². The molecule has 2 aromatic carbocycles. The van der Waals surface area contributed by atoms with E-state index in [-0.39, 0.29) is 28.9 Å². The third kappa shape index (κ3) is 7.94. The third-order valence-corrected chi connectivity index (χ3v) is 5.94. The van der Waals surface area contributed by atoms with Crippen LogP contribution in [0.5, 0.6) is 0 Å². The minimum absolute atomic E-state index is 0. The molecule has 0 saturated carbocycles. The van der Waals surface area contributed by atoms with Crippen molar-refractivity contribution in [1.29, 1.82) is 0 Å². The van der Waals surface area contributed by atoms with Gasteiger partial charge >= 0.3 is 0 Å². The minimum atomic E-state index is -3.61. The predicted molar refractivity (Wildman–Crippen MR) is 130 cm³/mol. The minimum Gasteiger partial charge on any atom is -0.352 e. The van der Waals surface area contributed by atoms with Crippen LogP contribution in [0.25, 0.3) is 0 Å². The molecule has 0 fully saturated rings. The lowest BCUT2D eigenvalue weighted by molar-refractivity contribution is 0.491. The molecule has 0 aliphatic carbocycles. The molecule has 3 N–H and O–H groups in total. The van der Waals surface area contributed by atoms with Crippen molar-refractivity contribution in [3.63, 3.8) is 0 Å². The maximum atomic E-state index is 12.7. The smallest absolute Gasteiger partial charge is 0.241 e. The molecule has 0 atom stereocenters. The largest absolute Gasteiger partial charge is 0.352 e. The molecule has 0 radical (unpaired) electrons. The van der Waals surface area contributed by atoms with Crippen LogP contribution in [0.2, 0.25) is 0 Å². The van der Waals surface area contributed by atoms with E-state index in [1.54, 1.807) is 25.2 Å². The van der Waals surface area contributed by atoms with Crippen LogP contribution in [0.4, 0.5) is 0 Å². The van der Waals surface area contributed by atoms with Crippen LogP contribution in [0, 0.1) is 6.92 Å². The Kier molecular flexibility index (Phi) is 9.57. The number of halogens is 1. The zero-order valence-electron chi connectivity index (χ0n) is 17.6. The van der Waals surface area contributed by atoms with Gasteiger partial charge in [-0.1, -0.05) is 42.5 Å². The molecule has 0 aliphatic heterocycles. The molecular formula is C21H31IN4O2S. The molecule has 0 unspecified atom stereocenters. The van der Waals surface area contributed by atoms with Crippen molar-refractivity contribution in [3.8, 4) is 0 Å². The maximum absolute atomic E-state index is 12.7. The highest BCUT2D eigenvalue weighted by molar-refractivity contribution is 14.0. The molecule has 2 rings (SSSR count). The summed E-state index contributed by atoms with van der Waals surface area (Å²) in [6.07, 6.45) is 0. The average molecular weight is 530 g/mol. The summed E-state index contributed by atoms with van der Waals surface area (Å²) >= 11 is 0. The summed E-state index contributed by atoms with van der Waals surface area (Å²) in [5.74, 6) is 0.610. The Morgan fingerprint density at radius 1 is 0.931 bits per heavy atom. The molecule has 0 aromatic heterocycles. The fourth-order valence-corrected chi connectivity index (χ4v) is 4.42. The van der Waals surface area contributed by atoms with Crippen molar-refractivity contribution in [1.82, 2.24) is 15.4 Å². The first kappa shape index (κ1) is 25.4. The topological polar surface area (TPSA) is 82.6 Å².